The molecule has 0 radical (unpaired) electrons. The van der Waals surface area contributed by atoms with Gasteiger partial charge in [-0.25, -0.2) is 0 Å². The third-order valence-corrected chi connectivity index (χ3v) is 3.00. The van der Waals surface area contributed by atoms with Crippen LogP contribution in [0.2, 0.25) is 0 Å². The van der Waals surface area contributed by atoms with Gasteiger partial charge in [-0.2, -0.15) is 5.10 Å². The molecule has 92 valence electrons. The van der Waals surface area contributed by atoms with Crippen molar-refractivity contribution in [3.63, 3.8) is 0 Å². The Morgan fingerprint density at radius 2 is 2.19 bits per heavy atom. The quantitative estimate of drug-likeness (QED) is 0.803. The second-order valence-corrected chi connectivity index (χ2v) is 4.42. The molecule has 1 aromatic heterocycles. The largest absolute Gasteiger partial charge is 0.493 e. The topological polar surface area (TPSA) is 53.1 Å². The average molecular weight is 225 g/mol. The van der Waals surface area contributed by atoms with Crippen molar-refractivity contribution in [3.8, 4) is 5.75 Å². The van der Waals surface area contributed by atoms with Crippen molar-refractivity contribution < 1.29 is 4.74 Å². The Hall–Kier alpha value is -1.03. The van der Waals surface area contributed by atoms with Gasteiger partial charge in [0.15, 0.2) is 5.75 Å². The van der Waals surface area contributed by atoms with Crippen LogP contribution in [0.25, 0.3) is 0 Å². The molecule has 1 atom stereocenters. The summed E-state index contributed by atoms with van der Waals surface area (Å²) in [5.41, 5.74) is 7.20. The fraction of sp³-hybridized carbons (Fsp3) is 0.750. The molecule has 0 aliphatic carbocycles. The summed E-state index contributed by atoms with van der Waals surface area (Å²) in [6.45, 7) is 7.26. The Balaban J connectivity index is 2.67. The van der Waals surface area contributed by atoms with Crippen molar-refractivity contribution in [3.05, 3.63) is 11.9 Å². The van der Waals surface area contributed by atoms with Gasteiger partial charge in [-0.3, -0.25) is 4.68 Å². The van der Waals surface area contributed by atoms with E-state index in [4.69, 9.17) is 10.5 Å². The molecule has 0 saturated carbocycles. The molecule has 0 amide bonds. The number of hydrogen-bond acceptors (Lipinski definition) is 3. The van der Waals surface area contributed by atoms with Crippen LogP contribution in [0.15, 0.2) is 6.20 Å². The minimum absolute atomic E-state index is 0.241. The molecule has 0 saturated heterocycles. The van der Waals surface area contributed by atoms with Crippen molar-refractivity contribution >= 4 is 0 Å². The Morgan fingerprint density at radius 3 is 2.69 bits per heavy atom. The number of methoxy groups -OCH3 is 1. The van der Waals surface area contributed by atoms with E-state index in [0.29, 0.717) is 5.92 Å². The standard InChI is InChI=1S/C12H23N3O/c1-5-15-11(12(16-4)8-14-15)7-6-10(13)9(2)3/h8-10H,5-7,13H2,1-4H3. The summed E-state index contributed by atoms with van der Waals surface area (Å²) in [5, 5.41) is 4.28. The first-order valence-electron chi connectivity index (χ1n) is 5.94. The van der Waals surface area contributed by atoms with E-state index >= 15 is 0 Å². The summed E-state index contributed by atoms with van der Waals surface area (Å²) in [7, 11) is 1.68. The van der Waals surface area contributed by atoms with Crippen molar-refractivity contribution in [2.45, 2.75) is 46.2 Å². The third-order valence-electron chi connectivity index (χ3n) is 3.00. The molecule has 0 spiro atoms. The summed E-state index contributed by atoms with van der Waals surface area (Å²) in [6, 6.07) is 0.241. The first-order chi connectivity index (χ1) is 7.60. The highest BCUT2D eigenvalue weighted by atomic mass is 16.5. The van der Waals surface area contributed by atoms with E-state index in [2.05, 4.69) is 25.9 Å². The molecule has 16 heavy (non-hydrogen) atoms. The number of nitrogens with zero attached hydrogens (tertiary/aromatic N) is 2. The molecule has 4 heteroatoms. The molecule has 1 unspecified atom stereocenters. The molecule has 1 heterocycles. The zero-order valence-electron chi connectivity index (χ0n) is 10.7. The SMILES string of the molecule is CCn1ncc(OC)c1CCC(N)C(C)C. The molecule has 0 aliphatic rings. The van der Waals surface area contributed by atoms with Crippen LogP contribution in [-0.4, -0.2) is 22.9 Å². The van der Waals surface area contributed by atoms with Crippen LogP contribution >= 0.6 is 0 Å². The van der Waals surface area contributed by atoms with E-state index in [0.717, 1.165) is 30.8 Å². The van der Waals surface area contributed by atoms with Crippen LogP contribution < -0.4 is 10.5 Å². The Morgan fingerprint density at radius 1 is 1.50 bits per heavy atom. The van der Waals surface area contributed by atoms with Gasteiger partial charge in [0.05, 0.1) is 19.0 Å². The normalized spacial score (nSPS) is 13.1. The van der Waals surface area contributed by atoms with Gasteiger partial charge in [0.25, 0.3) is 0 Å². The number of aryl methyl sites for hydroxylation is 1. The fourth-order valence-electron chi connectivity index (χ4n) is 1.73. The molecule has 1 rings (SSSR count). The molecule has 1 aromatic rings. The Kier molecular flexibility index (Phi) is 4.80. The average Bonchev–Trinajstić information content (AvgIpc) is 2.67. The molecule has 2 N–H and O–H groups in total. The number of aromatic nitrogens is 2. The summed E-state index contributed by atoms with van der Waals surface area (Å²) < 4.78 is 7.27. The smallest absolute Gasteiger partial charge is 0.159 e. The maximum Gasteiger partial charge on any atom is 0.159 e. The number of ether oxygens (including phenoxy) is 1. The van der Waals surface area contributed by atoms with Gasteiger partial charge in [-0.05, 0) is 25.7 Å². The predicted octanol–water partition coefficient (Wildman–Crippen LogP) is 1.83. The first kappa shape index (κ1) is 13.0. The highest BCUT2D eigenvalue weighted by Crippen LogP contribution is 2.20. The minimum atomic E-state index is 0.241. The van der Waals surface area contributed by atoms with Gasteiger partial charge < -0.3 is 10.5 Å². The van der Waals surface area contributed by atoms with E-state index in [-0.39, 0.29) is 6.04 Å². The van der Waals surface area contributed by atoms with Crippen LogP contribution in [0.4, 0.5) is 0 Å². The first-order valence-corrected chi connectivity index (χ1v) is 5.94. The molecule has 0 aliphatic heterocycles. The maximum atomic E-state index is 6.05. The van der Waals surface area contributed by atoms with Gasteiger partial charge in [-0.15, -0.1) is 0 Å². The van der Waals surface area contributed by atoms with Crippen molar-refractivity contribution in [2.24, 2.45) is 11.7 Å². The second kappa shape index (κ2) is 5.89. The van der Waals surface area contributed by atoms with Crippen LogP contribution in [0, 0.1) is 5.92 Å². The third kappa shape index (κ3) is 2.98. The second-order valence-electron chi connectivity index (χ2n) is 4.42. The van der Waals surface area contributed by atoms with Crippen LogP contribution in [-0.2, 0) is 13.0 Å². The summed E-state index contributed by atoms with van der Waals surface area (Å²) in [5.74, 6) is 1.39. The highest BCUT2D eigenvalue weighted by molar-refractivity contribution is 5.25. The molecule has 0 bridgehead atoms. The molecular formula is C12H23N3O. The van der Waals surface area contributed by atoms with E-state index in [1.54, 1.807) is 13.3 Å². The zero-order chi connectivity index (χ0) is 12.1. The number of hydrogen-bond donors (Lipinski definition) is 1. The van der Waals surface area contributed by atoms with E-state index < -0.39 is 0 Å². The Bertz CT molecular complexity index is 299. The fourth-order valence-corrected chi connectivity index (χ4v) is 1.73. The molecule has 0 fully saturated rings. The lowest BCUT2D eigenvalue weighted by molar-refractivity contribution is 0.400. The van der Waals surface area contributed by atoms with Crippen LogP contribution in [0.5, 0.6) is 5.75 Å². The molecule has 4 nitrogen and oxygen atoms in total. The van der Waals surface area contributed by atoms with Crippen molar-refractivity contribution in [2.75, 3.05) is 7.11 Å². The summed E-state index contributed by atoms with van der Waals surface area (Å²) in [6.07, 6.45) is 3.68. The molecular weight excluding hydrogens is 202 g/mol. The zero-order valence-corrected chi connectivity index (χ0v) is 10.7. The summed E-state index contributed by atoms with van der Waals surface area (Å²) in [4.78, 5) is 0. The van der Waals surface area contributed by atoms with E-state index in [1.807, 2.05) is 4.68 Å². The lowest BCUT2D eigenvalue weighted by atomic mass is 9.99. The number of rotatable bonds is 6. The maximum absolute atomic E-state index is 6.05. The van der Waals surface area contributed by atoms with E-state index in [9.17, 15) is 0 Å². The van der Waals surface area contributed by atoms with Gasteiger partial charge in [-0.1, -0.05) is 13.8 Å². The van der Waals surface area contributed by atoms with Crippen molar-refractivity contribution in [1.82, 2.24) is 9.78 Å². The Labute approximate surface area is 97.8 Å². The predicted molar refractivity (Wildman–Crippen MR) is 65.6 cm³/mol. The lowest BCUT2D eigenvalue weighted by Crippen LogP contribution is -2.27. The highest BCUT2D eigenvalue weighted by Gasteiger charge is 2.13. The summed E-state index contributed by atoms with van der Waals surface area (Å²) >= 11 is 0. The minimum Gasteiger partial charge on any atom is -0.493 e. The monoisotopic (exact) mass is 225 g/mol. The van der Waals surface area contributed by atoms with E-state index in [1.165, 1.54) is 0 Å². The lowest BCUT2D eigenvalue weighted by Gasteiger charge is -2.16. The van der Waals surface area contributed by atoms with Crippen molar-refractivity contribution in [1.29, 1.82) is 0 Å². The van der Waals surface area contributed by atoms with Crippen LogP contribution in [0.3, 0.4) is 0 Å². The van der Waals surface area contributed by atoms with Crippen LogP contribution in [0.1, 0.15) is 32.9 Å². The van der Waals surface area contributed by atoms with Gasteiger partial charge in [0, 0.05) is 12.6 Å². The molecule has 0 aromatic carbocycles. The number of nitrogens with two attached hydrogens (primary N) is 1. The van der Waals surface area contributed by atoms with Gasteiger partial charge in [0.2, 0.25) is 0 Å². The van der Waals surface area contributed by atoms with Gasteiger partial charge in [0.1, 0.15) is 0 Å². The van der Waals surface area contributed by atoms with Gasteiger partial charge >= 0.3 is 0 Å².